The molecule has 1 aromatic rings. The molecule has 3 heterocycles. The number of aldehydes is 1. The van der Waals surface area contributed by atoms with Gasteiger partial charge in [0.1, 0.15) is 5.69 Å². The normalized spacial score (nSPS) is 18.2. The first-order chi connectivity index (χ1) is 11.6. The minimum atomic E-state index is 0.579. The lowest BCUT2D eigenvalue weighted by Gasteiger charge is -2.41. The molecule has 24 heavy (non-hydrogen) atoms. The Bertz CT molecular complexity index is 464. The molecule has 0 unspecified atom stereocenters. The van der Waals surface area contributed by atoms with Crippen molar-refractivity contribution in [3.63, 3.8) is 0 Å². The van der Waals surface area contributed by atoms with Crippen molar-refractivity contribution >= 4 is 6.29 Å². The zero-order chi connectivity index (χ0) is 17.9. The number of rotatable bonds is 4. The van der Waals surface area contributed by atoms with Crippen LogP contribution in [0, 0.1) is 11.8 Å². The van der Waals surface area contributed by atoms with Crippen molar-refractivity contribution in [1.82, 2.24) is 14.8 Å². The molecular formula is C20H35N3O. The molecule has 4 nitrogen and oxygen atoms in total. The second kappa shape index (κ2) is 11.3. The van der Waals surface area contributed by atoms with Crippen LogP contribution in [0.5, 0.6) is 0 Å². The quantitative estimate of drug-likeness (QED) is 0.787. The average Bonchev–Trinajstić information content (AvgIpc) is 3.04. The number of nitrogens with zero attached hydrogens (tertiary/aromatic N) is 3. The van der Waals surface area contributed by atoms with Crippen molar-refractivity contribution in [3.8, 4) is 0 Å². The smallest absolute Gasteiger partial charge is 0.168 e. The lowest BCUT2D eigenvalue weighted by Crippen LogP contribution is -2.48. The molecule has 1 aromatic heterocycles. The summed E-state index contributed by atoms with van der Waals surface area (Å²) >= 11 is 0. The Morgan fingerprint density at radius 1 is 1.25 bits per heavy atom. The lowest BCUT2D eigenvalue weighted by molar-refractivity contribution is 0.0610. The molecule has 4 heteroatoms. The first-order valence-corrected chi connectivity index (χ1v) is 9.40. The van der Waals surface area contributed by atoms with Gasteiger partial charge in [0, 0.05) is 25.8 Å². The molecule has 2 aliphatic rings. The third-order valence-corrected chi connectivity index (χ3v) is 4.69. The molecular weight excluding hydrogens is 298 g/mol. The van der Waals surface area contributed by atoms with Crippen LogP contribution in [0.4, 0.5) is 0 Å². The fourth-order valence-electron chi connectivity index (χ4n) is 2.97. The predicted octanol–water partition coefficient (Wildman–Crippen LogP) is 3.72. The summed E-state index contributed by atoms with van der Waals surface area (Å²) in [5.74, 6) is 1.58. The van der Waals surface area contributed by atoms with Crippen molar-refractivity contribution < 1.29 is 4.79 Å². The van der Waals surface area contributed by atoms with E-state index >= 15 is 0 Å². The van der Waals surface area contributed by atoms with Crippen LogP contribution in [-0.4, -0.2) is 54.3 Å². The van der Waals surface area contributed by atoms with E-state index in [0.29, 0.717) is 5.69 Å². The SMILES string of the molecule is CC.CC(C)C1CN(Cc2cccnc2C=O)C1.CN1CCCC1. The van der Waals surface area contributed by atoms with Gasteiger partial charge < -0.3 is 4.90 Å². The van der Waals surface area contributed by atoms with Gasteiger partial charge >= 0.3 is 0 Å². The number of carbonyl (C=O) groups is 1. The van der Waals surface area contributed by atoms with Crippen LogP contribution in [0.1, 0.15) is 56.6 Å². The molecule has 2 fully saturated rings. The molecule has 136 valence electrons. The Hall–Kier alpha value is -1.26. The highest BCUT2D eigenvalue weighted by Gasteiger charge is 2.29. The van der Waals surface area contributed by atoms with E-state index in [9.17, 15) is 4.79 Å². The molecule has 0 spiro atoms. The third kappa shape index (κ3) is 6.70. The fraction of sp³-hybridized carbons (Fsp3) is 0.700. The number of carbonyl (C=O) groups excluding carboxylic acids is 1. The summed E-state index contributed by atoms with van der Waals surface area (Å²) in [6.45, 7) is 14.3. The van der Waals surface area contributed by atoms with E-state index in [0.717, 1.165) is 43.3 Å². The van der Waals surface area contributed by atoms with E-state index in [4.69, 9.17) is 0 Å². The number of hydrogen-bond acceptors (Lipinski definition) is 4. The van der Waals surface area contributed by atoms with E-state index in [1.165, 1.54) is 25.9 Å². The largest absolute Gasteiger partial charge is 0.306 e. The van der Waals surface area contributed by atoms with Gasteiger partial charge in [-0.25, -0.2) is 0 Å². The van der Waals surface area contributed by atoms with E-state index in [-0.39, 0.29) is 0 Å². The van der Waals surface area contributed by atoms with Crippen molar-refractivity contribution in [2.75, 3.05) is 33.2 Å². The Balaban J connectivity index is 0.000000300. The first kappa shape index (κ1) is 20.8. The highest BCUT2D eigenvalue weighted by Crippen LogP contribution is 2.25. The zero-order valence-corrected chi connectivity index (χ0v) is 16.2. The standard InChI is InChI=1S/C13H18N2O.C5H11N.C2H6/c1-10(2)12-7-15(8-12)6-11-4-3-5-14-13(11)9-16;1-6-4-2-3-5-6;1-2/h3-5,9-10,12H,6-8H2,1-2H3;2-5H2,1H3;1-2H3. The molecule has 2 saturated heterocycles. The Morgan fingerprint density at radius 3 is 2.33 bits per heavy atom. The van der Waals surface area contributed by atoms with Crippen LogP contribution in [-0.2, 0) is 6.54 Å². The molecule has 3 rings (SSSR count). The zero-order valence-electron chi connectivity index (χ0n) is 16.2. The summed E-state index contributed by atoms with van der Waals surface area (Å²) in [5.41, 5.74) is 1.62. The van der Waals surface area contributed by atoms with Crippen LogP contribution in [0.15, 0.2) is 18.3 Å². The van der Waals surface area contributed by atoms with Gasteiger partial charge in [-0.3, -0.25) is 14.7 Å². The fourth-order valence-corrected chi connectivity index (χ4v) is 2.97. The van der Waals surface area contributed by atoms with Gasteiger partial charge in [-0.05, 0) is 56.4 Å². The topological polar surface area (TPSA) is 36.4 Å². The second-order valence-corrected chi connectivity index (χ2v) is 6.87. The Kier molecular flexibility index (Phi) is 9.80. The number of hydrogen-bond donors (Lipinski definition) is 0. The van der Waals surface area contributed by atoms with E-state index in [2.05, 4.69) is 35.7 Å². The van der Waals surface area contributed by atoms with Gasteiger partial charge in [-0.1, -0.05) is 33.8 Å². The summed E-state index contributed by atoms with van der Waals surface area (Å²) < 4.78 is 0. The minimum absolute atomic E-state index is 0.579. The Morgan fingerprint density at radius 2 is 1.88 bits per heavy atom. The molecule has 2 aliphatic heterocycles. The van der Waals surface area contributed by atoms with Crippen LogP contribution in [0.3, 0.4) is 0 Å². The van der Waals surface area contributed by atoms with Crippen LogP contribution in [0.25, 0.3) is 0 Å². The molecule has 0 bridgehead atoms. The summed E-state index contributed by atoms with van der Waals surface area (Å²) in [5, 5.41) is 0. The lowest BCUT2D eigenvalue weighted by atomic mass is 9.88. The number of aromatic nitrogens is 1. The summed E-state index contributed by atoms with van der Waals surface area (Å²) in [7, 11) is 2.17. The van der Waals surface area contributed by atoms with Gasteiger partial charge in [0.05, 0.1) is 0 Å². The van der Waals surface area contributed by atoms with Crippen LogP contribution >= 0.6 is 0 Å². The van der Waals surface area contributed by atoms with E-state index < -0.39 is 0 Å². The number of pyridine rings is 1. The third-order valence-electron chi connectivity index (χ3n) is 4.69. The highest BCUT2D eigenvalue weighted by molar-refractivity contribution is 5.73. The second-order valence-electron chi connectivity index (χ2n) is 6.87. The maximum Gasteiger partial charge on any atom is 0.168 e. The molecule has 0 N–H and O–H groups in total. The van der Waals surface area contributed by atoms with Crippen molar-refractivity contribution in [2.24, 2.45) is 11.8 Å². The van der Waals surface area contributed by atoms with Gasteiger partial charge in [-0.15, -0.1) is 0 Å². The number of likely N-dealkylation sites (tertiary alicyclic amines) is 2. The summed E-state index contributed by atoms with van der Waals surface area (Å²) in [6, 6.07) is 3.88. The summed E-state index contributed by atoms with van der Waals surface area (Å²) in [4.78, 5) is 19.6. The maximum absolute atomic E-state index is 10.8. The Labute approximate surface area is 148 Å². The van der Waals surface area contributed by atoms with Crippen molar-refractivity contribution in [3.05, 3.63) is 29.6 Å². The molecule has 0 saturated carbocycles. The monoisotopic (exact) mass is 333 g/mol. The van der Waals surface area contributed by atoms with Crippen LogP contribution < -0.4 is 0 Å². The predicted molar refractivity (Wildman–Crippen MR) is 101 cm³/mol. The van der Waals surface area contributed by atoms with Gasteiger partial charge in [-0.2, -0.15) is 0 Å². The molecule has 0 amide bonds. The van der Waals surface area contributed by atoms with Crippen molar-refractivity contribution in [2.45, 2.75) is 47.1 Å². The van der Waals surface area contributed by atoms with E-state index in [1.807, 2.05) is 26.0 Å². The highest BCUT2D eigenvalue weighted by atomic mass is 16.1. The molecule has 0 aromatic carbocycles. The first-order valence-electron chi connectivity index (χ1n) is 9.40. The maximum atomic E-state index is 10.8. The summed E-state index contributed by atoms with van der Waals surface area (Å²) in [6.07, 6.45) is 5.34. The molecule has 0 atom stereocenters. The van der Waals surface area contributed by atoms with E-state index in [1.54, 1.807) is 6.20 Å². The van der Waals surface area contributed by atoms with Gasteiger partial charge in [0.25, 0.3) is 0 Å². The minimum Gasteiger partial charge on any atom is -0.306 e. The van der Waals surface area contributed by atoms with Crippen molar-refractivity contribution in [1.29, 1.82) is 0 Å². The molecule has 0 radical (unpaired) electrons. The molecule has 0 aliphatic carbocycles. The van der Waals surface area contributed by atoms with Gasteiger partial charge in [0.15, 0.2) is 6.29 Å². The van der Waals surface area contributed by atoms with Crippen LogP contribution in [0.2, 0.25) is 0 Å². The average molecular weight is 334 g/mol. The van der Waals surface area contributed by atoms with Gasteiger partial charge in [0.2, 0.25) is 0 Å².